The lowest BCUT2D eigenvalue weighted by Crippen LogP contribution is -2.58. The van der Waals surface area contributed by atoms with Crippen LogP contribution in [-0.2, 0) is 17.6 Å². The Balaban J connectivity index is 1.00. The molecule has 3 aromatic rings. The summed E-state index contributed by atoms with van der Waals surface area (Å²) < 4.78 is 0. The smallest absolute Gasteiger partial charge is 0.322 e. The number of rotatable bonds is 6. The third-order valence-corrected chi connectivity index (χ3v) is 10.7. The van der Waals surface area contributed by atoms with Crippen molar-refractivity contribution in [1.29, 1.82) is 0 Å². The maximum absolute atomic E-state index is 14.1. The number of carbonyl (C=O) groups excluding carboxylic acids is 3. The summed E-state index contributed by atoms with van der Waals surface area (Å²) in [6.45, 7) is 9.40. The van der Waals surface area contributed by atoms with Crippen LogP contribution in [0, 0.1) is 6.92 Å². The number of benzene rings is 2. The lowest BCUT2D eigenvalue weighted by molar-refractivity contribution is -0.134. The van der Waals surface area contributed by atoms with Crippen molar-refractivity contribution in [2.24, 2.45) is 0 Å². The number of nitrogens with one attached hydrogen (secondary N) is 4. The number of carbonyl (C=O) groups is 3. The minimum atomic E-state index is -0.651. The SMILES string of the molecule is Cc1cc(CC(NC(=O)N2CCC(N3CCc4ccccc4NC3=O)CC2)C(=O)N2CCC(N3CCNCC3)CC2)cc2cc[nH]c12. The van der Waals surface area contributed by atoms with Crippen LogP contribution in [0.25, 0.3) is 10.9 Å². The number of piperazine rings is 1. The van der Waals surface area contributed by atoms with E-state index in [0.717, 1.165) is 78.7 Å². The molecule has 0 spiro atoms. The molecular formula is C36H48N8O3. The van der Waals surface area contributed by atoms with Gasteiger partial charge in [0.15, 0.2) is 0 Å². The molecule has 5 heterocycles. The molecule has 0 aliphatic carbocycles. The molecule has 11 nitrogen and oxygen atoms in total. The van der Waals surface area contributed by atoms with Crippen LogP contribution in [0.5, 0.6) is 0 Å². The van der Waals surface area contributed by atoms with Gasteiger partial charge in [-0.3, -0.25) is 9.69 Å². The highest BCUT2D eigenvalue weighted by Crippen LogP contribution is 2.26. The lowest BCUT2D eigenvalue weighted by Gasteiger charge is -2.41. The number of nitrogens with zero attached hydrogens (tertiary/aromatic N) is 4. The van der Waals surface area contributed by atoms with Crippen molar-refractivity contribution in [3.8, 4) is 0 Å². The molecule has 0 radical (unpaired) electrons. The summed E-state index contributed by atoms with van der Waals surface area (Å²) in [5.74, 6) is -0.000352. The Bertz CT molecular complexity index is 1580. The summed E-state index contributed by atoms with van der Waals surface area (Å²) in [5.41, 5.74) is 5.29. The van der Waals surface area contributed by atoms with Crippen LogP contribution < -0.4 is 16.0 Å². The fourth-order valence-corrected chi connectivity index (χ4v) is 8.07. The second-order valence-corrected chi connectivity index (χ2v) is 13.7. The van der Waals surface area contributed by atoms with Gasteiger partial charge in [0.25, 0.3) is 0 Å². The lowest BCUT2D eigenvalue weighted by atomic mass is 9.98. The molecule has 5 amide bonds. The summed E-state index contributed by atoms with van der Waals surface area (Å²) in [5, 5.41) is 10.8. The van der Waals surface area contributed by atoms with E-state index in [1.54, 1.807) is 0 Å². The van der Waals surface area contributed by atoms with Gasteiger partial charge in [0, 0.05) is 94.8 Å². The molecule has 3 fully saturated rings. The number of likely N-dealkylation sites (tertiary alicyclic amines) is 2. The number of H-pyrrole nitrogens is 1. The van der Waals surface area contributed by atoms with Gasteiger partial charge in [0.05, 0.1) is 0 Å². The molecule has 1 aromatic heterocycles. The Morgan fingerprint density at radius 1 is 0.894 bits per heavy atom. The van der Waals surface area contributed by atoms with E-state index in [4.69, 9.17) is 0 Å². The molecular weight excluding hydrogens is 592 g/mol. The largest absolute Gasteiger partial charge is 0.361 e. The highest BCUT2D eigenvalue weighted by atomic mass is 16.2. The molecule has 1 atom stereocenters. The summed E-state index contributed by atoms with van der Waals surface area (Å²) in [6.07, 6.45) is 6.52. The summed E-state index contributed by atoms with van der Waals surface area (Å²) in [7, 11) is 0. The molecule has 0 saturated carbocycles. The van der Waals surface area contributed by atoms with Crippen LogP contribution in [0.2, 0.25) is 0 Å². The van der Waals surface area contributed by atoms with Gasteiger partial charge in [-0.05, 0) is 79.3 Å². The monoisotopic (exact) mass is 640 g/mol. The molecule has 3 saturated heterocycles. The minimum Gasteiger partial charge on any atom is -0.361 e. The number of hydrogen-bond acceptors (Lipinski definition) is 5. The Morgan fingerprint density at radius 3 is 2.40 bits per heavy atom. The van der Waals surface area contributed by atoms with Crippen LogP contribution in [0.1, 0.15) is 42.4 Å². The third-order valence-electron chi connectivity index (χ3n) is 10.7. The first-order valence-corrected chi connectivity index (χ1v) is 17.4. The second-order valence-electron chi connectivity index (χ2n) is 13.7. The van der Waals surface area contributed by atoms with Gasteiger partial charge in [-0.25, -0.2) is 9.59 Å². The highest BCUT2D eigenvalue weighted by Gasteiger charge is 2.35. The fraction of sp³-hybridized carbons (Fsp3) is 0.528. The number of aromatic amines is 1. The zero-order valence-electron chi connectivity index (χ0n) is 27.5. The van der Waals surface area contributed by atoms with E-state index < -0.39 is 6.04 Å². The van der Waals surface area contributed by atoms with Crippen molar-refractivity contribution in [2.75, 3.05) is 64.2 Å². The number of para-hydroxylation sites is 1. The Labute approximate surface area is 277 Å². The van der Waals surface area contributed by atoms with Gasteiger partial charge in [-0.15, -0.1) is 0 Å². The number of hydrogen-bond donors (Lipinski definition) is 4. The van der Waals surface area contributed by atoms with E-state index in [2.05, 4.69) is 57.0 Å². The van der Waals surface area contributed by atoms with Crippen LogP contribution in [-0.4, -0.2) is 120 Å². The number of piperidine rings is 2. The second kappa shape index (κ2) is 13.9. The van der Waals surface area contributed by atoms with E-state index in [-0.39, 0.29) is 24.0 Å². The summed E-state index contributed by atoms with van der Waals surface area (Å²) >= 11 is 0. The topological polar surface area (TPSA) is 116 Å². The highest BCUT2D eigenvalue weighted by molar-refractivity contribution is 5.91. The van der Waals surface area contributed by atoms with Crippen LogP contribution >= 0.6 is 0 Å². The van der Waals surface area contributed by atoms with Crippen molar-refractivity contribution in [1.82, 2.24) is 35.2 Å². The molecule has 11 heteroatoms. The molecule has 250 valence electrons. The van der Waals surface area contributed by atoms with E-state index in [1.807, 2.05) is 39.1 Å². The molecule has 0 bridgehead atoms. The molecule has 4 N–H and O–H groups in total. The number of anilines is 1. The third kappa shape index (κ3) is 6.96. The van der Waals surface area contributed by atoms with Gasteiger partial charge in [0.1, 0.15) is 6.04 Å². The Morgan fingerprint density at radius 2 is 1.62 bits per heavy atom. The van der Waals surface area contributed by atoms with Gasteiger partial charge < -0.3 is 35.6 Å². The van der Waals surface area contributed by atoms with Gasteiger partial charge >= 0.3 is 12.1 Å². The Kier molecular flexibility index (Phi) is 9.35. The molecule has 7 rings (SSSR count). The number of urea groups is 2. The van der Waals surface area contributed by atoms with Crippen molar-refractivity contribution in [2.45, 2.75) is 63.6 Å². The van der Waals surface area contributed by atoms with Crippen LogP contribution in [0.4, 0.5) is 15.3 Å². The van der Waals surface area contributed by atoms with Crippen molar-refractivity contribution >= 4 is 34.6 Å². The van der Waals surface area contributed by atoms with E-state index in [0.29, 0.717) is 58.0 Å². The zero-order chi connectivity index (χ0) is 32.3. The van der Waals surface area contributed by atoms with Crippen molar-refractivity contribution in [3.63, 3.8) is 0 Å². The normalized spacial score (nSPS) is 20.9. The number of aromatic nitrogens is 1. The first-order valence-electron chi connectivity index (χ1n) is 17.4. The average molecular weight is 641 g/mol. The van der Waals surface area contributed by atoms with E-state index in [1.165, 1.54) is 0 Å². The Hall–Kier alpha value is -4.09. The molecule has 1 unspecified atom stereocenters. The maximum Gasteiger partial charge on any atom is 0.322 e. The summed E-state index contributed by atoms with van der Waals surface area (Å²) in [4.78, 5) is 52.6. The quantitative estimate of drug-likeness (QED) is 0.329. The van der Waals surface area contributed by atoms with Crippen molar-refractivity contribution in [3.05, 3.63) is 65.4 Å². The minimum absolute atomic E-state index is 0.000352. The number of fused-ring (bicyclic) bond motifs is 2. The van der Waals surface area contributed by atoms with E-state index >= 15 is 0 Å². The van der Waals surface area contributed by atoms with Crippen LogP contribution in [0.3, 0.4) is 0 Å². The van der Waals surface area contributed by atoms with Gasteiger partial charge in [-0.2, -0.15) is 0 Å². The molecule has 4 aliphatic heterocycles. The predicted octanol–water partition coefficient (Wildman–Crippen LogP) is 3.55. The number of aryl methyl sites for hydroxylation is 1. The van der Waals surface area contributed by atoms with Gasteiger partial charge in [0.2, 0.25) is 5.91 Å². The van der Waals surface area contributed by atoms with Crippen molar-refractivity contribution < 1.29 is 14.4 Å². The van der Waals surface area contributed by atoms with E-state index in [9.17, 15) is 14.4 Å². The van der Waals surface area contributed by atoms with Crippen LogP contribution in [0.15, 0.2) is 48.7 Å². The first-order chi connectivity index (χ1) is 22.9. The molecule has 4 aliphatic rings. The standard InChI is InChI=1S/C36H48N8O3/c1-25-22-26(23-28-6-12-38-33(25)28)24-32(34(45)42-15-8-29(9-16-42)41-20-13-37-14-21-41)40-35(46)43-17-10-30(11-18-43)44-19-7-27-4-2-3-5-31(27)39-36(44)47/h2-6,12,22-23,29-30,32,37-38H,7-11,13-21,24H2,1H3,(H,39,47)(H,40,46). The zero-order valence-corrected chi connectivity index (χ0v) is 27.5. The summed E-state index contributed by atoms with van der Waals surface area (Å²) in [6, 6.07) is 13.9. The first kappa shape index (κ1) is 31.5. The fourth-order valence-electron chi connectivity index (χ4n) is 8.07. The van der Waals surface area contributed by atoms with Gasteiger partial charge in [-0.1, -0.05) is 24.3 Å². The number of amides is 5. The predicted molar refractivity (Wildman–Crippen MR) is 184 cm³/mol. The average Bonchev–Trinajstić information content (AvgIpc) is 3.52. The maximum atomic E-state index is 14.1. The molecule has 2 aromatic carbocycles. The molecule has 47 heavy (non-hydrogen) atoms.